The molecule has 3 rings (SSSR count). The van der Waals surface area contributed by atoms with Crippen LogP contribution in [0.15, 0.2) is 48.5 Å². The smallest absolute Gasteiger partial charge is 0.408 e. The zero-order valence-electron chi connectivity index (χ0n) is 24.0. The molecule has 0 saturated heterocycles. The fraction of sp³-hybridized carbons (Fsp3) is 0.516. The molecule has 3 N–H and O–H groups in total. The molecule has 1 aliphatic carbocycles. The summed E-state index contributed by atoms with van der Waals surface area (Å²) in [5.41, 5.74) is 1.17. The number of rotatable bonds is 10. The highest BCUT2D eigenvalue weighted by Crippen LogP contribution is 2.38. The van der Waals surface area contributed by atoms with E-state index in [-0.39, 0.29) is 36.1 Å². The Labute approximate surface area is 232 Å². The molecule has 0 bridgehead atoms. The van der Waals surface area contributed by atoms with Crippen LogP contribution in [-0.4, -0.2) is 45.6 Å². The molecule has 0 heterocycles. The Morgan fingerprint density at radius 3 is 2.28 bits per heavy atom. The number of ether oxygens (including phenoxy) is 1. The van der Waals surface area contributed by atoms with Crippen molar-refractivity contribution >= 4 is 17.9 Å². The van der Waals surface area contributed by atoms with Gasteiger partial charge in [-0.25, -0.2) is 4.79 Å². The van der Waals surface area contributed by atoms with Crippen molar-refractivity contribution in [3.63, 3.8) is 0 Å². The van der Waals surface area contributed by atoms with Gasteiger partial charge in [-0.2, -0.15) is 0 Å². The number of hydrogen-bond donors (Lipinski definition) is 3. The number of carbonyl (C=O) groups excluding carboxylic acids is 3. The third-order valence-electron chi connectivity index (χ3n) is 6.82. The summed E-state index contributed by atoms with van der Waals surface area (Å²) in [6.45, 7) is 11.3. The molecule has 0 radical (unpaired) electrons. The Morgan fingerprint density at radius 1 is 1.05 bits per heavy atom. The topological polar surface area (TPSA) is 108 Å². The number of nitrogens with zero attached hydrogens (tertiary/aromatic N) is 1. The van der Waals surface area contributed by atoms with Crippen LogP contribution in [0, 0.1) is 12.8 Å². The van der Waals surface area contributed by atoms with E-state index in [4.69, 9.17) is 4.74 Å². The van der Waals surface area contributed by atoms with Gasteiger partial charge in [0.2, 0.25) is 11.8 Å². The molecule has 39 heavy (non-hydrogen) atoms. The lowest BCUT2D eigenvalue weighted by Gasteiger charge is -2.44. The van der Waals surface area contributed by atoms with Gasteiger partial charge in [0.15, 0.2) is 0 Å². The molecule has 1 fully saturated rings. The zero-order valence-corrected chi connectivity index (χ0v) is 24.0. The number of aromatic hydroxyl groups is 1. The molecule has 8 heteroatoms. The maximum atomic E-state index is 14.3. The standard InChI is InChI=1S/C31H43N3O5/c1-20(2)18-25(33-30(38)39-31(4,5)6)29(37)34(23-15-11-16-23)26(24-17-10-12-21(3)27(24)35)28(36)32-19-22-13-8-7-9-14-22/h7-10,12-14,17,20,23,25-26,35H,11,15-16,18-19H2,1-6H3,(H,32,36)(H,33,38). The minimum atomic E-state index is -1.07. The number of benzene rings is 2. The summed E-state index contributed by atoms with van der Waals surface area (Å²) < 4.78 is 5.46. The quantitative estimate of drug-likeness (QED) is 0.377. The summed E-state index contributed by atoms with van der Waals surface area (Å²) in [4.78, 5) is 42.5. The van der Waals surface area contributed by atoms with E-state index < -0.39 is 23.8 Å². The van der Waals surface area contributed by atoms with E-state index in [1.807, 2.05) is 44.2 Å². The Kier molecular flexibility index (Phi) is 10.0. The maximum Gasteiger partial charge on any atom is 0.408 e. The first kappa shape index (κ1) is 30.0. The van der Waals surface area contributed by atoms with Crippen LogP contribution in [0.2, 0.25) is 0 Å². The molecule has 2 atom stereocenters. The van der Waals surface area contributed by atoms with Crippen molar-refractivity contribution in [2.75, 3.05) is 0 Å². The second-order valence-electron chi connectivity index (χ2n) is 11.8. The van der Waals surface area contributed by atoms with E-state index in [1.165, 1.54) is 0 Å². The minimum Gasteiger partial charge on any atom is -0.507 e. The first-order chi connectivity index (χ1) is 18.4. The molecule has 8 nitrogen and oxygen atoms in total. The highest BCUT2D eigenvalue weighted by molar-refractivity contribution is 5.93. The van der Waals surface area contributed by atoms with E-state index >= 15 is 0 Å². The van der Waals surface area contributed by atoms with Gasteiger partial charge in [0.05, 0.1) is 0 Å². The normalized spacial score (nSPS) is 15.2. The number of amides is 3. The predicted molar refractivity (Wildman–Crippen MR) is 151 cm³/mol. The summed E-state index contributed by atoms with van der Waals surface area (Å²) in [6.07, 6.45) is 2.10. The predicted octanol–water partition coefficient (Wildman–Crippen LogP) is 5.38. The van der Waals surface area contributed by atoms with Crippen LogP contribution in [-0.2, 0) is 20.9 Å². The van der Waals surface area contributed by atoms with Crippen LogP contribution < -0.4 is 10.6 Å². The summed E-state index contributed by atoms with van der Waals surface area (Å²) in [5, 5.41) is 16.8. The SMILES string of the molecule is Cc1cccc(C(C(=O)NCc2ccccc2)N(C(=O)C(CC(C)C)NC(=O)OC(C)(C)C)C2CCC2)c1O. The molecular formula is C31H43N3O5. The van der Waals surface area contributed by atoms with Gasteiger partial charge in [0, 0.05) is 18.2 Å². The Balaban J connectivity index is 2.01. The van der Waals surface area contributed by atoms with Crippen molar-refractivity contribution in [3.8, 4) is 5.75 Å². The van der Waals surface area contributed by atoms with Crippen molar-refractivity contribution in [3.05, 3.63) is 65.2 Å². The fourth-order valence-corrected chi connectivity index (χ4v) is 4.71. The van der Waals surface area contributed by atoms with Gasteiger partial charge in [-0.05, 0) is 70.4 Å². The molecule has 1 aliphatic rings. The number of phenolic OH excluding ortho intramolecular Hbond substituents is 1. The van der Waals surface area contributed by atoms with Crippen molar-refractivity contribution in [1.29, 1.82) is 0 Å². The Hall–Kier alpha value is -3.55. The summed E-state index contributed by atoms with van der Waals surface area (Å²) in [7, 11) is 0. The van der Waals surface area contributed by atoms with Crippen molar-refractivity contribution < 1.29 is 24.2 Å². The van der Waals surface area contributed by atoms with Crippen molar-refractivity contribution in [1.82, 2.24) is 15.5 Å². The van der Waals surface area contributed by atoms with Crippen LogP contribution in [0.25, 0.3) is 0 Å². The monoisotopic (exact) mass is 537 g/mol. The molecule has 1 saturated carbocycles. The third-order valence-corrected chi connectivity index (χ3v) is 6.82. The summed E-state index contributed by atoms with van der Waals surface area (Å²) in [6, 6.07) is 12.6. The van der Waals surface area contributed by atoms with Crippen LogP contribution in [0.1, 0.15) is 83.0 Å². The van der Waals surface area contributed by atoms with Gasteiger partial charge in [-0.15, -0.1) is 0 Å². The largest absolute Gasteiger partial charge is 0.507 e. The molecule has 0 spiro atoms. The van der Waals surface area contributed by atoms with Gasteiger partial charge < -0.3 is 25.4 Å². The fourth-order valence-electron chi connectivity index (χ4n) is 4.71. The minimum absolute atomic E-state index is 0.0185. The number of para-hydroxylation sites is 1. The van der Waals surface area contributed by atoms with Gasteiger partial charge in [-0.1, -0.05) is 62.4 Å². The summed E-state index contributed by atoms with van der Waals surface area (Å²) >= 11 is 0. The average Bonchev–Trinajstić information content (AvgIpc) is 2.82. The van der Waals surface area contributed by atoms with Crippen LogP contribution >= 0.6 is 0 Å². The van der Waals surface area contributed by atoms with Gasteiger partial charge in [0.1, 0.15) is 23.4 Å². The lowest BCUT2D eigenvalue weighted by Crippen LogP contribution is -2.57. The van der Waals surface area contributed by atoms with Gasteiger partial charge in [-0.3, -0.25) is 9.59 Å². The zero-order chi connectivity index (χ0) is 28.7. The second-order valence-corrected chi connectivity index (χ2v) is 11.8. The molecule has 2 aromatic carbocycles. The van der Waals surface area contributed by atoms with Crippen LogP contribution in [0.4, 0.5) is 4.79 Å². The van der Waals surface area contributed by atoms with E-state index in [0.717, 1.165) is 24.8 Å². The van der Waals surface area contributed by atoms with E-state index in [2.05, 4.69) is 10.6 Å². The number of carbonyl (C=O) groups is 3. The maximum absolute atomic E-state index is 14.3. The van der Waals surface area contributed by atoms with Crippen molar-refractivity contribution in [2.45, 2.75) is 97.5 Å². The van der Waals surface area contributed by atoms with E-state index in [9.17, 15) is 19.5 Å². The first-order valence-corrected chi connectivity index (χ1v) is 13.8. The molecule has 212 valence electrons. The number of alkyl carbamates (subject to hydrolysis) is 1. The molecular weight excluding hydrogens is 494 g/mol. The molecule has 2 aromatic rings. The lowest BCUT2D eigenvalue weighted by molar-refractivity contribution is -0.147. The van der Waals surface area contributed by atoms with Crippen LogP contribution in [0.5, 0.6) is 5.75 Å². The summed E-state index contributed by atoms with van der Waals surface area (Å²) in [5.74, 6) is -0.676. The second kappa shape index (κ2) is 13.0. The Bertz CT molecular complexity index is 1140. The van der Waals surface area contributed by atoms with Gasteiger partial charge in [0.25, 0.3) is 0 Å². The lowest BCUT2D eigenvalue weighted by atomic mass is 9.87. The number of nitrogens with one attached hydrogen (secondary N) is 2. The third kappa shape index (κ3) is 8.22. The average molecular weight is 538 g/mol. The van der Waals surface area contributed by atoms with E-state index in [1.54, 1.807) is 50.8 Å². The highest BCUT2D eigenvalue weighted by atomic mass is 16.6. The van der Waals surface area contributed by atoms with Gasteiger partial charge >= 0.3 is 6.09 Å². The molecule has 2 unspecified atom stereocenters. The molecule has 0 aliphatic heterocycles. The highest BCUT2D eigenvalue weighted by Gasteiger charge is 2.43. The first-order valence-electron chi connectivity index (χ1n) is 13.8. The molecule has 3 amide bonds. The van der Waals surface area contributed by atoms with Crippen LogP contribution in [0.3, 0.4) is 0 Å². The Morgan fingerprint density at radius 2 is 1.72 bits per heavy atom. The number of phenols is 1. The van der Waals surface area contributed by atoms with Crippen molar-refractivity contribution in [2.24, 2.45) is 5.92 Å². The van der Waals surface area contributed by atoms with E-state index in [0.29, 0.717) is 17.5 Å². The molecule has 0 aromatic heterocycles. The number of aryl methyl sites for hydroxylation is 1. The number of hydrogen-bond acceptors (Lipinski definition) is 5.